The van der Waals surface area contributed by atoms with Crippen LogP contribution in [0.3, 0.4) is 0 Å². The molecule has 0 aromatic heterocycles. The van der Waals surface area contributed by atoms with E-state index >= 15 is 4.79 Å². The zero-order valence-electron chi connectivity index (χ0n) is 33.0. The maximum Gasteiger partial charge on any atom is 0.417 e. The van der Waals surface area contributed by atoms with Crippen molar-refractivity contribution >= 4 is 35.6 Å². The first-order chi connectivity index (χ1) is 26.5. The monoisotopic (exact) mass is 768 g/mol. The molecule has 7 N–H and O–H groups in total. The molecule has 3 rings (SSSR count). The van der Waals surface area contributed by atoms with Crippen LogP contribution in [0.4, 0.5) is 4.79 Å². The van der Waals surface area contributed by atoms with Gasteiger partial charge in [-0.3, -0.25) is 28.9 Å². The number of imide groups is 2. The maximum atomic E-state index is 15.1. The molecule has 0 saturated carbocycles. The van der Waals surface area contributed by atoms with Gasteiger partial charge in [0, 0.05) is 6.04 Å². The van der Waals surface area contributed by atoms with E-state index < -0.39 is 83.6 Å². The van der Waals surface area contributed by atoms with Crippen molar-refractivity contribution in [3.63, 3.8) is 0 Å². The minimum absolute atomic E-state index is 0.107. The van der Waals surface area contributed by atoms with Crippen LogP contribution in [0.15, 0.2) is 103 Å². The Balaban J connectivity index is 2.19. The van der Waals surface area contributed by atoms with E-state index in [1.807, 2.05) is 60.7 Å². The molecular formula is C43H56N6O7. The van der Waals surface area contributed by atoms with Gasteiger partial charge in [-0.25, -0.2) is 9.69 Å². The molecule has 56 heavy (non-hydrogen) atoms. The standard InChI is InChI=1S/C43H56N6O7/c1-27(2)36(38(46)50)49(43(55)56-26-33-20-14-9-15-21-33)42(54)37(28(3)4)48(40(52)30(6)47-39(51)29(5)44)41(53)34(24-31-16-10-7-11-17-31)22-23-35(45)25-32-18-12-8-13-19-32/h7-23,27-30,34-37H,24-26,44-45H2,1-6H3,(H2,46,50)(H,47,51)/t29?,30?,34?,35-,36?,37-/m1/s1. The zero-order valence-corrected chi connectivity index (χ0v) is 33.0. The summed E-state index contributed by atoms with van der Waals surface area (Å²) in [6, 6.07) is 21.3. The molecule has 6 atom stereocenters. The van der Waals surface area contributed by atoms with Crippen molar-refractivity contribution < 1.29 is 33.5 Å². The molecule has 0 radical (unpaired) electrons. The van der Waals surface area contributed by atoms with Gasteiger partial charge in [-0.2, -0.15) is 0 Å². The molecule has 3 aromatic carbocycles. The number of benzene rings is 3. The van der Waals surface area contributed by atoms with Crippen molar-refractivity contribution in [3.8, 4) is 0 Å². The number of nitrogens with zero attached hydrogens (tertiary/aromatic N) is 2. The van der Waals surface area contributed by atoms with Gasteiger partial charge in [0.15, 0.2) is 0 Å². The Morgan fingerprint density at radius 1 is 0.625 bits per heavy atom. The molecular weight excluding hydrogens is 713 g/mol. The Morgan fingerprint density at radius 3 is 1.57 bits per heavy atom. The zero-order chi connectivity index (χ0) is 41.5. The molecule has 0 aliphatic carbocycles. The molecule has 0 spiro atoms. The predicted octanol–water partition coefficient (Wildman–Crippen LogP) is 3.88. The molecule has 13 heteroatoms. The van der Waals surface area contributed by atoms with E-state index in [0.29, 0.717) is 16.9 Å². The summed E-state index contributed by atoms with van der Waals surface area (Å²) in [6.45, 7) is 8.96. The average molecular weight is 769 g/mol. The van der Waals surface area contributed by atoms with Crippen molar-refractivity contribution in [2.24, 2.45) is 35.0 Å². The van der Waals surface area contributed by atoms with Gasteiger partial charge in [0.2, 0.25) is 17.7 Å². The second-order valence-electron chi connectivity index (χ2n) is 14.6. The SMILES string of the molecule is CC(N)C(=O)NC(C)C(=O)N(C(=O)C(C=C[C@@H](N)Cc1ccccc1)Cc1ccccc1)[C@@H](C(=O)N(C(=O)OCc1ccccc1)C(C(N)=O)C(C)C)C(C)C. The van der Waals surface area contributed by atoms with E-state index in [2.05, 4.69) is 5.32 Å². The van der Waals surface area contributed by atoms with Crippen LogP contribution in [-0.2, 0) is 48.2 Å². The molecule has 4 unspecified atom stereocenters. The van der Waals surface area contributed by atoms with Crippen LogP contribution in [0.5, 0.6) is 0 Å². The Hall–Kier alpha value is -5.66. The topological polar surface area (TPSA) is 208 Å². The van der Waals surface area contributed by atoms with E-state index in [9.17, 15) is 24.0 Å². The number of hydrogen-bond acceptors (Lipinski definition) is 9. The van der Waals surface area contributed by atoms with Gasteiger partial charge >= 0.3 is 6.09 Å². The summed E-state index contributed by atoms with van der Waals surface area (Å²) in [5.74, 6) is -7.02. The van der Waals surface area contributed by atoms with Crippen molar-refractivity contribution in [2.75, 3.05) is 0 Å². The first kappa shape index (κ1) is 44.7. The molecule has 0 heterocycles. The summed E-state index contributed by atoms with van der Waals surface area (Å²) < 4.78 is 5.56. The molecule has 3 aromatic rings. The number of carbonyl (C=O) groups is 6. The van der Waals surface area contributed by atoms with E-state index in [0.717, 1.165) is 16.0 Å². The van der Waals surface area contributed by atoms with Crippen LogP contribution < -0.4 is 22.5 Å². The Kier molecular flexibility index (Phi) is 17.1. The number of nitrogens with one attached hydrogen (secondary N) is 1. The van der Waals surface area contributed by atoms with Gasteiger partial charge in [-0.15, -0.1) is 0 Å². The second-order valence-corrected chi connectivity index (χ2v) is 14.6. The summed E-state index contributed by atoms with van der Waals surface area (Å²) in [5, 5.41) is 2.53. The molecule has 0 saturated heterocycles. The Bertz CT molecular complexity index is 1800. The molecule has 13 nitrogen and oxygen atoms in total. The summed E-state index contributed by atoms with van der Waals surface area (Å²) in [6.07, 6.45) is 2.68. The number of primary amides is 1. The highest BCUT2D eigenvalue weighted by Crippen LogP contribution is 2.25. The highest BCUT2D eigenvalue weighted by molar-refractivity contribution is 6.07. The third-order valence-electron chi connectivity index (χ3n) is 9.14. The van der Waals surface area contributed by atoms with Gasteiger partial charge in [0.05, 0.1) is 12.0 Å². The fourth-order valence-electron chi connectivity index (χ4n) is 6.23. The third kappa shape index (κ3) is 12.7. The second kappa shape index (κ2) is 21.4. The maximum absolute atomic E-state index is 15.1. The molecule has 0 bridgehead atoms. The van der Waals surface area contributed by atoms with E-state index in [4.69, 9.17) is 21.9 Å². The first-order valence-corrected chi connectivity index (χ1v) is 18.8. The molecule has 0 aliphatic heterocycles. The van der Waals surface area contributed by atoms with Gasteiger partial charge in [0.25, 0.3) is 11.8 Å². The smallest absolute Gasteiger partial charge is 0.417 e. The van der Waals surface area contributed by atoms with Crippen LogP contribution in [0.25, 0.3) is 0 Å². The highest BCUT2D eigenvalue weighted by Gasteiger charge is 2.47. The minimum atomic E-state index is -1.67. The fraction of sp³-hybridized carbons (Fsp3) is 0.395. The van der Waals surface area contributed by atoms with E-state index in [-0.39, 0.29) is 13.0 Å². The number of amides is 6. The van der Waals surface area contributed by atoms with Crippen molar-refractivity contribution in [3.05, 3.63) is 120 Å². The van der Waals surface area contributed by atoms with E-state index in [1.165, 1.54) is 13.8 Å². The normalized spacial score (nSPS) is 14.6. The predicted molar refractivity (Wildman–Crippen MR) is 214 cm³/mol. The molecule has 0 aliphatic rings. The summed E-state index contributed by atoms with van der Waals surface area (Å²) >= 11 is 0. The fourth-order valence-corrected chi connectivity index (χ4v) is 6.23. The molecule has 0 fully saturated rings. The largest absolute Gasteiger partial charge is 0.444 e. The Morgan fingerprint density at radius 2 is 1.11 bits per heavy atom. The number of carbonyl (C=O) groups excluding carboxylic acids is 6. The van der Waals surface area contributed by atoms with Gasteiger partial charge in [0.1, 0.15) is 24.7 Å². The third-order valence-corrected chi connectivity index (χ3v) is 9.14. The van der Waals surface area contributed by atoms with Gasteiger partial charge in [-0.1, -0.05) is 131 Å². The van der Waals surface area contributed by atoms with Crippen LogP contribution >= 0.6 is 0 Å². The number of ether oxygens (including phenoxy) is 1. The lowest BCUT2D eigenvalue weighted by molar-refractivity contribution is -0.160. The lowest BCUT2D eigenvalue weighted by atomic mass is 9.92. The summed E-state index contributed by atoms with van der Waals surface area (Å²) in [5.41, 5.74) is 20.5. The van der Waals surface area contributed by atoms with Gasteiger partial charge < -0.3 is 27.3 Å². The Labute approximate surface area is 329 Å². The van der Waals surface area contributed by atoms with Crippen LogP contribution in [0.1, 0.15) is 58.2 Å². The lowest BCUT2D eigenvalue weighted by Gasteiger charge is -2.39. The minimum Gasteiger partial charge on any atom is -0.444 e. The number of hydrogen-bond donors (Lipinski definition) is 4. The molecule has 300 valence electrons. The van der Waals surface area contributed by atoms with E-state index in [1.54, 1.807) is 70.2 Å². The van der Waals surface area contributed by atoms with Crippen molar-refractivity contribution in [2.45, 2.75) is 91.2 Å². The highest BCUT2D eigenvalue weighted by atomic mass is 16.6. The van der Waals surface area contributed by atoms with Crippen LogP contribution in [0.2, 0.25) is 0 Å². The summed E-state index contributed by atoms with van der Waals surface area (Å²) in [7, 11) is 0. The van der Waals surface area contributed by atoms with Crippen LogP contribution in [-0.4, -0.2) is 75.6 Å². The lowest BCUT2D eigenvalue weighted by Crippen LogP contribution is -2.64. The number of nitrogens with two attached hydrogens (primary N) is 3. The first-order valence-electron chi connectivity index (χ1n) is 18.8. The van der Waals surface area contributed by atoms with Crippen molar-refractivity contribution in [1.29, 1.82) is 0 Å². The molecule has 6 amide bonds. The number of rotatable bonds is 18. The summed E-state index contributed by atoms with van der Waals surface area (Å²) in [4.78, 5) is 85.7. The van der Waals surface area contributed by atoms with Crippen LogP contribution in [0, 0.1) is 17.8 Å². The van der Waals surface area contributed by atoms with Gasteiger partial charge in [-0.05, 0) is 55.2 Å². The quantitative estimate of drug-likeness (QED) is 0.138. The average Bonchev–Trinajstić information content (AvgIpc) is 3.16. The van der Waals surface area contributed by atoms with Crippen molar-refractivity contribution in [1.82, 2.24) is 15.1 Å².